The predicted octanol–water partition coefficient (Wildman–Crippen LogP) is 1.89. The van der Waals surface area contributed by atoms with Crippen molar-refractivity contribution in [2.45, 2.75) is 25.9 Å². The van der Waals surface area contributed by atoms with Gasteiger partial charge in [-0.25, -0.2) is 9.98 Å². The van der Waals surface area contributed by atoms with E-state index in [0.29, 0.717) is 12.6 Å². The number of guanidine groups is 1. The van der Waals surface area contributed by atoms with Crippen LogP contribution in [0.5, 0.6) is 0 Å². The highest BCUT2D eigenvalue weighted by Gasteiger charge is 2.30. The van der Waals surface area contributed by atoms with Crippen LogP contribution in [0, 0.1) is 0 Å². The Hall–Kier alpha value is -0.910. The van der Waals surface area contributed by atoms with E-state index < -0.39 is 0 Å². The van der Waals surface area contributed by atoms with Crippen molar-refractivity contribution in [2.24, 2.45) is 4.99 Å². The number of hydrogen-bond donors (Lipinski definition) is 1. The van der Waals surface area contributed by atoms with Crippen LogP contribution in [0.4, 0.5) is 0 Å². The molecule has 0 saturated carbocycles. The largest absolute Gasteiger partial charge is 0.379 e. The summed E-state index contributed by atoms with van der Waals surface area (Å²) in [5.74, 6) is 1.01. The maximum absolute atomic E-state index is 5.48. The number of nitrogens with one attached hydrogen (secondary N) is 1. The first kappa shape index (κ1) is 19.8. The Morgan fingerprint density at radius 3 is 3.00 bits per heavy atom. The Labute approximate surface area is 175 Å². The summed E-state index contributed by atoms with van der Waals surface area (Å²) in [6.07, 6.45) is 5.31. The van der Waals surface area contributed by atoms with E-state index in [2.05, 4.69) is 43.0 Å². The summed E-state index contributed by atoms with van der Waals surface area (Å²) in [6, 6.07) is 0.616. The number of halogens is 1. The number of rotatable bonds is 4. The summed E-state index contributed by atoms with van der Waals surface area (Å²) in [7, 11) is 0. The average Bonchev–Trinajstić information content (AvgIpc) is 3.35. The van der Waals surface area contributed by atoms with Crippen molar-refractivity contribution in [1.82, 2.24) is 24.5 Å². The molecular formula is C17H27IN6OS. The second kappa shape index (κ2) is 9.34. The van der Waals surface area contributed by atoms with Gasteiger partial charge in [-0.05, 0) is 13.3 Å². The first-order valence-electron chi connectivity index (χ1n) is 9.09. The molecule has 0 aliphatic carbocycles. The lowest BCUT2D eigenvalue weighted by Crippen LogP contribution is -2.46. The van der Waals surface area contributed by atoms with E-state index >= 15 is 0 Å². The number of aliphatic imine (C=N–C) groups is 1. The van der Waals surface area contributed by atoms with Crippen LogP contribution in [0.15, 0.2) is 22.8 Å². The van der Waals surface area contributed by atoms with E-state index in [0.717, 1.165) is 62.6 Å². The molecular weight excluding hydrogens is 463 g/mol. The number of nitrogens with zero attached hydrogens (tertiary/aromatic N) is 5. The van der Waals surface area contributed by atoms with E-state index in [1.165, 1.54) is 6.42 Å². The molecule has 26 heavy (non-hydrogen) atoms. The Morgan fingerprint density at radius 2 is 2.23 bits per heavy atom. The lowest BCUT2D eigenvalue weighted by molar-refractivity contribution is 0.0195. The third-order valence-corrected chi connectivity index (χ3v) is 5.66. The number of morpholine rings is 1. The molecule has 2 aliphatic heterocycles. The molecule has 2 aliphatic rings. The molecule has 144 valence electrons. The van der Waals surface area contributed by atoms with Crippen LogP contribution in [0.25, 0.3) is 4.96 Å². The van der Waals surface area contributed by atoms with E-state index in [-0.39, 0.29) is 24.0 Å². The third-order valence-electron chi connectivity index (χ3n) is 4.89. The summed E-state index contributed by atoms with van der Waals surface area (Å²) >= 11 is 1.66. The summed E-state index contributed by atoms with van der Waals surface area (Å²) in [6.45, 7) is 9.57. The van der Waals surface area contributed by atoms with Gasteiger partial charge in [0.05, 0.1) is 25.5 Å². The summed E-state index contributed by atoms with van der Waals surface area (Å²) in [5.41, 5.74) is 1.02. The van der Waals surface area contributed by atoms with E-state index in [9.17, 15) is 0 Å². The number of fused-ring (bicyclic) bond motifs is 1. The van der Waals surface area contributed by atoms with Crippen LogP contribution in [-0.4, -0.2) is 77.1 Å². The topological polar surface area (TPSA) is 57.4 Å². The van der Waals surface area contributed by atoms with Crippen molar-refractivity contribution in [3.05, 3.63) is 23.5 Å². The molecule has 4 rings (SSSR count). The van der Waals surface area contributed by atoms with Crippen molar-refractivity contribution < 1.29 is 4.74 Å². The second-order valence-corrected chi connectivity index (χ2v) is 7.41. The van der Waals surface area contributed by atoms with E-state index in [4.69, 9.17) is 9.73 Å². The van der Waals surface area contributed by atoms with Crippen molar-refractivity contribution >= 4 is 46.2 Å². The van der Waals surface area contributed by atoms with Crippen LogP contribution in [-0.2, 0) is 11.3 Å². The third kappa shape index (κ3) is 4.49. The molecule has 0 bridgehead atoms. The quantitative estimate of drug-likeness (QED) is 0.403. The molecule has 0 amide bonds. The zero-order valence-corrected chi connectivity index (χ0v) is 18.3. The number of hydrogen-bond acceptors (Lipinski definition) is 5. The SMILES string of the molecule is CCNC(=NCc1cn2ccsc2n1)N1CCC(N2CCOCC2)C1.I. The normalized spacial score (nSPS) is 22.0. The van der Waals surface area contributed by atoms with Gasteiger partial charge in [-0.3, -0.25) is 9.30 Å². The number of imidazole rings is 1. The molecule has 0 spiro atoms. The smallest absolute Gasteiger partial charge is 0.194 e. The molecule has 1 atom stereocenters. The first-order chi connectivity index (χ1) is 12.3. The number of likely N-dealkylation sites (tertiary alicyclic amines) is 1. The highest BCUT2D eigenvalue weighted by atomic mass is 127. The molecule has 2 saturated heterocycles. The Bertz CT molecular complexity index is 697. The van der Waals surface area contributed by atoms with Gasteiger partial charge in [-0.2, -0.15) is 0 Å². The Morgan fingerprint density at radius 1 is 1.38 bits per heavy atom. The summed E-state index contributed by atoms with van der Waals surface area (Å²) in [5, 5.41) is 5.50. The van der Waals surface area contributed by atoms with Crippen molar-refractivity contribution in [3.63, 3.8) is 0 Å². The molecule has 0 aromatic carbocycles. The Kier molecular flexibility index (Phi) is 7.12. The number of aromatic nitrogens is 2. The van der Waals surface area contributed by atoms with E-state index in [1.54, 1.807) is 11.3 Å². The molecule has 1 N–H and O–H groups in total. The van der Waals surface area contributed by atoms with Crippen LogP contribution in [0.2, 0.25) is 0 Å². The molecule has 4 heterocycles. The van der Waals surface area contributed by atoms with Crippen molar-refractivity contribution in [2.75, 3.05) is 45.9 Å². The fourth-order valence-corrected chi connectivity index (χ4v) is 4.33. The molecule has 0 radical (unpaired) electrons. The lowest BCUT2D eigenvalue weighted by atomic mass is 10.2. The van der Waals surface area contributed by atoms with E-state index in [1.807, 2.05) is 6.20 Å². The fraction of sp³-hybridized carbons (Fsp3) is 0.647. The molecule has 7 nitrogen and oxygen atoms in total. The van der Waals surface area contributed by atoms with Gasteiger partial charge in [0, 0.05) is 56.5 Å². The highest BCUT2D eigenvalue weighted by Crippen LogP contribution is 2.17. The van der Waals surface area contributed by atoms with Crippen LogP contribution < -0.4 is 5.32 Å². The van der Waals surface area contributed by atoms with Gasteiger partial charge in [0.2, 0.25) is 0 Å². The average molecular weight is 490 g/mol. The minimum absolute atomic E-state index is 0. The maximum atomic E-state index is 5.48. The van der Waals surface area contributed by atoms with Crippen molar-refractivity contribution in [3.8, 4) is 0 Å². The number of thiazole rings is 1. The molecule has 2 fully saturated rings. The van der Waals surface area contributed by atoms with Crippen LogP contribution >= 0.6 is 35.3 Å². The zero-order chi connectivity index (χ0) is 17.1. The lowest BCUT2D eigenvalue weighted by Gasteiger charge is -2.32. The van der Waals surface area contributed by atoms with Gasteiger partial charge in [0.15, 0.2) is 10.9 Å². The van der Waals surface area contributed by atoms with Gasteiger partial charge in [0.25, 0.3) is 0 Å². The molecule has 9 heteroatoms. The standard InChI is InChI=1S/C17H26N6OS.HI/c1-2-18-16(19-11-14-12-23-7-10-25-17(23)20-14)22-4-3-15(13-22)21-5-8-24-9-6-21;/h7,10,12,15H,2-6,8-9,11,13H2,1H3,(H,18,19);1H. The summed E-state index contributed by atoms with van der Waals surface area (Å²) < 4.78 is 7.54. The number of ether oxygens (including phenoxy) is 1. The van der Waals surface area contributed by atoms with Gasteiger partial charge in [-0.15, -0.1) is 35.3 Å². The Balaban J connectivity index is 0.00000196. The van der Waals surface area contributed by atoms with Crippen LogP contribution in [0.3, 0.4) is 0 Å². The van der Waals surface area contributed by atoms with Gasteiger partial charge in [0.1, 0.15) is 0 Å². The summed E-state index contributed by atoms with van der Waals surface area (Å²) in [4.78, 5) is 15.5. The fourth-order valence-electron chi connectivity index (χ4n) is 3.61. The minimum Gasteiger partial charge on any atom is -0.379 e. The molecule has 2 aromatic rings. The molecule has 2 aromatic heterocycles. The maximum Gasteiger partial charge on any atom is 0.194 e. The first-order valence-corrected chi connectivity index (χ1v) is 9.97. The predicted molar refractivity (Wildman–Crippen MR) is 116 cm³/mol. The van der Waals surface area contributed by atoms with Gasteiger partial charge >= 0.3 is 0 Å². The monoisotopic (exact) mass is 490 g/mol. The van der Waals surface area contributed by atoms with Crippen LogP contribution in [0.1, 0.15) is 19.0 Å². The highest BCUT2D eigenvalue weighted by molar-refractivity contribution is 14.0. The second-order valence-electron chi connectivity index (χ2n) is 6.53. The van der Waals surface area contributed by atoms with Gasteiger partial charge in [-0.1, -0.05) is 0 Å². The van der Waals surface area contributed by atoms with Crippen molar-refractivity contribution in [1.29, 1.82) is 0 Å². The minimum atomic E-state index is 0. The van der Waals surface area contributed by atoms with Gasteiger partial charge < -0.3 is 15.0 Å². The molecule has 1 unspecified atom stereocenters. The zero-order valence-electron chi connectivity index (χ0n) is 15.1.